The summed E-state index contributed by atoms with van der Waals surface area (Å²) < 4.78 is 0. The maximum absolute atomic E-state index is 12.1. The van der Waals surface area contributed by atoms with Crippen molar-refractivity contribution in [1.29, 1.82) is 0 Å². The molecule has 21 heavy (non-hydrogen) atoms. The number of aromatic nitrogens is 1. The molecule has 0 saturated carbocycles. The topological polar surface area (TPSA) is 66.4 Å². The average molecular weight is 300 g/mol. The Kier molecular flexibility index (Phi) is 4.25. The van der Waals surface area contributed by atoms with Crippen molar-refractivity contribution >= 4 is 28.2 Å². The molecule has 1 aromatic heterocycles. The van der Waals surface area contributed by atoms with Gasteiger partial charge in [-0.1, -0.05) is 30.3 Å². The van der Waals surface area contributed by atoms with E-state index in [0.717, 1.165) is 30.6 Å². The minimum atomic E-state index is -0.217. The molecule has 0 fully saturated rings. The van der Waals surface area contributed by atoms with Gasteiger partial charge < -0.3 is 5.32 Å². The van der Waals surface area contributed by atoms with E-state index in [-0.39, 0.29) is 5.91 Å². The number of thiazole rings is 1. The van der Waals surface area contributed by atoms with Crippen LogP contribution in [-0.4, -0.2) is 29.8 Å². The van der Waals surface area contributed by atoms with Crippen LogP contribution in [0.15, 0.2) is 40.7 Å². The van der Waals surface area contributed by atoms with E-state index in [2.05, 4.69) is 20.6 Å². The van der Waals surface area contributed by atoms with Crippen LogP contribution in [0.25, 0.3) is 11.3 Å². The number of carbonyl (C=O) groups is 1. The van der Waals surface area contributed by atoms with Crippen molar-refractivity contribution < 1.29 is 4.79 Å². The zero-order valence-electron chi connectivity index (χ0n) is 11.5. The molecule has 0 unspecified atom stereocenters. The minimum absolute atomic E-state index is 0.217. The van der Waals surface area contributed by atoms with Gasteiger partial charge in [0.15, 0.2) is 11.0 Å². The minimum Gasteiger partial charge on any atom is -0.366 e. The number of aliphatic imine (C=N–C) groups is 1. The fraction of sp³-hybridized carbons (Fsp3) is 0.267. The molecule has 5 nitrogen and oxygen atoms in total. The summed E-state index contributed by atoms with van der Waals surface area (Å²) in [7, 11) is 0. The Bertz CT molecular complexity index is 651. The molecular weight excluding hydrogens is 284 g/mol. The summed E-state index contributed by atoms with van der Waals surface area (Å²) in [5, 5.41) is 8.39. The van der Waals surface area contributed by atoms with Crippen LogP contribution in [0.2, 0.25) is 0 Å². The maximum Gasteiger partial charge on any atom is 0.292 e. The molecule has 6 heteroatoms. The second-order valence-corrected chi connectivity index (χ2v) is 5.58. The number of nitrogens with zero attached hydrogens (tertiary/aromatic N) is 2. The molecular formula is C15H16N4OS. The molecule has 0 spiro atoms. The third-order valence-electron chi connectivity index (χ3n) is 3.16. The lowest BCUT2D eigenvalue weighted by atomic mass is 10.2. The molecule has 2 aromatic rings. The summed E-state index contributed by atoms with van der Waals surface area (Å²) in [6.45, 7) is 1.49. The van der Waals surface area contributed by atoms with Crippen molar-refractivity contribution in [1.82, 2.24) is 10.3 Å². The van der Waals surface area contributed by atoms with Gasteiger partial charge in [0.1, 0.15) is 0 Å². The van der Waals surface area contributed by atoms with E-state index in [1.54, 1.807) is 0 Å². The summed E-state index contributed by atoms with van der Waals surface area (Å²) in [4.78, 5) is 20.8. The number of amides is 1. The predicted molar refractivity (Wildman–Crippen MR) is 85.7 cm³/mol. The van der Waals surface area contributed by atoms with E-state index in [4.69, 9.17) is 0 Å². The van der Waals surface area contributed by atoms with E-state index in [1.165, 1.54) is 11.3 Å². The number of anilines is 1. The monoisotopic (exact) mass is 300 g/mol. The number of rotatable bonds is 3. The van der Waals surface area contributed by atoms with Gasteiger partial charge in [-0.05, 0) is 12.8 Å². The molecule has 2 N–H and O–H groups in total. The lowest BCUT2D eigenvalue weighted by molar-refractivity contribution is -0.110. The van der Waals surface area contributed by atoms with Crippen LogP contribution in [0.4, 0.5) is 5.13 Å². The van der Waals surface area contributed by atoms with Crippen LogP contribution < -0.4 is 10.6 Å². The molecule has 0 aliphatic carbocycles. The number of hydrogen-bond acceptors (Lipinski definition) is 5. The van der Waals surface area contributed by atoms with Crippen LogP contribution in [0.3, 0.4) is 0 Å². The highest BCUT2D eigenvalue weighted by atomic mass is 32.1. The summed E-state index contributed by atoms with van der Waals surface area (Å²) in [5.74, 6) is 0.190. The Labute approximate surface area is 127 Å². The van der Waals surface area contributed by atoms with Gasteiger partial charge >= 0.3 is 0 Å². The Morgan fingerprint density at radius 3 is 2.95 bits per heavy atom. The van der Waals surface area contributed by atoms with Crippen molar-refractivity contribution in [2.24, 2.45) is 4.99 Å². The molecule has 1 aromatic carbocycles. The van der Waals surface area contributed by atoms with E-state index >= 15 is 0 Å². The van der Waals surface area contributed by atoms with E-state index in [9.17, 15) is 4.79 Å². The van der Waals surface area contributed by atoms with Crippen molar-refractivity contribution in [2.75, 3.05) is 18.4 Å². The van der Waals surface area contributed by atoms with Crippen LogP contribution in [0, 0.1) is 0 Å². The summed E-state index contributed by atoms with van der Waals surface area (Å²) in [6.07, 6.45) is 2.05. The van der Waals surface area contributed by atoms with E-state index in [0.29, 0.717) is 17.5 Å². The maximum atomic E-state index is 12.1. The summed E-state index contributed by atoms with van der Waals surface area (Å²) in [6, 6.07) is 9.90. The van der Waals surface area contributed by atoms with Crippen molar-refractivity contribution in [3.63, 3.8) is 0 Å². The van der Waals surface area contributed by atoms with Crippen LogP contribution in [0.1, 0.15) is 12.8 Å². The smallest absolute Gasteiger partial charge is 0.292 e. The van der Waals surface area contributed by atoms with E-state index in [1.807, 2.05) is 35.7 Å². The van der Waals surface area contributed by atoms with Gasteiger partial charge in [-0.3, -0.25) is 15.1 Å². The normalized spacial score (nSPS) is 14.8. The van der Waals surface area contributed by atoms with Crippen LogP contribution >= 0.6 is 11.3 Å². The number of benzene rings is 1. The van der Waals surface area contributed by atoms with Crippen molar-refractivity contribution in [2.45, 2.75) is 12.8 Å². The SMILES string of the molecule is O=C(Nc1nc(-c2ccccc2)cs1)C1=NCCCCN1. The second-order valence-electron chi connectivity index (χ2n) is 4.72. The molecule has 0 saturated heterocycles. The molecule has 2 heterocycles. The Balaban J connectivity index is 1.70. The molecule has 1 amide bonds. The van der Waals surface area contributed by atoms with Gasteiger partial charge in [-0.25, -0.2) is 4.98 Å². The van der Waals surface area contributed by atoms with Gasteiger partial charge in [-0.2, -0.15) is 0 Å². The molecule has 3 rings (SSSR count). The Morgan fingerprint density at radius 2 is 2.10 bits per heavy atom. The molecule has 0 atom stereocenters. The lowest BCUT2D eigenvalue weighted by Crippen LogP contribution is -2.35. The largest absolute Gasteiger partial charge is 0.366 e. The van der Waals surface area contributed by atoms with Crippen LogP contribution in [-0.2, 0) is 4.79 Å². The molecule has 1 aliphatic heterocycles. The standard InChI is InChI=1S/C15H16N4OS/c20-14(13-16-8-4-5-9-17-13)19-15-18-12(10-21-15)11-6-2-1-3-7-11/h1-3,6-7,10H,4-5,8-9H2,(H,16,17)(H,18,19,20). The van der Waals surface area contributed by atoms with Gasteiger partial charge in [0.25, 0.3) is 5.91 Å². The zero-order valence-corrected chi connectivity index (χ0v) is 12.3. The highest BCUT2D eigenvalue weighted by Crippen LogP contribution is 2.24. The third-order valence-corrected chi connectivity index (χ3v) is 3.91. The number of amidine groups is 1. The van der Waals surface area contributed by atoms with Gasteiger partial charge in [-0.15, -0.1) is 11.3 Å². The number of hydrogen-bond donors (Lipinski definition) is 2. The van der Waals surface area contributed by atoms with Gasteiger partial charge in [0.2, 0.25) is 0 Å². The van der Waals surface area contributed by atoms with Crippen LogP contribution in [0.5, 0.6) is 0 Å². The van der Waals surface area contributed by atoms with E-state index < -0.39 is 0 Å². The Hall–Kier alpha value is -2.21. The molecule has 108 valence electrons. The highest BCUT2D eigenvalue weighted by Gasteiger charge is 2.14. The van der Waals surface area contributed by atoms with Crippen molar-refractivity contribution in [3.8, 4) is 11.3 Å². The quantitative estimate of drug-likeness (QED) is 0.915. The second kappa shape index (κ2) is 6.49. The summed E-state index contributed by atoms with van der Waals surface area (Å²) in [5.41, 5.74) is 1.91. The number of nitrogens with one attached hydrogen (secondary N) is 2. The first kappa shape index (κ1) is 13.8. The Morgan fingerprint density at radius 1 is 1.24 bits per heavy atom. The zero-order chi connectivity index (χ0) is 14.5. The molecule has 1 aliphatic rings. The fourth-order valence-corrected chi connectivity index (χ4v) is 2.79. The summed E-state index contributed by atoms with van der Waals surface area (Å²) >= 11 is 1.42. The average Bonchev–Trinajstić information content (AvgIpc) is 2.81. The van der Waals surface area contributed by atoms with Crippen molar-refractivity contribution in [3.05, 3.63) is 35.7 Å². The van der Waals surface area contributed by atoms with Gasteiger partial charge in [0, 0.05) is 24.0 Å². The first-order valence-electron chi connectivity index (χ1n) is 6.93. The molecule has 0 bridgehead atoms. The first-order valence-corrected chi connectivity index (χ1v) is 7.81. The fourth-order valence-electron chi connectivity index (χ4n) is 2.07. The number of carbonyl (C=O) groups excluding carboxylic acids is 1. The third kappa shape index (κ3) is 3.46. The lowest BCUT2D eigenvalue weighted by Gasteiger charge is -2.05. The first-order chi connectivity index (χ1) is 10.3. The highest BCUT2D eigenvalue weighted by molar-refractivity contribution is 7.14. The van der Waals surface area contributed by atoms with Gasteiger partial charge in [0.05, 0.1) is 5.69 Å². The molecule has 0 radical (unpaired) electrons. The predicted octanol–water partition coefficient (Wildman–Crippen LogP) is 2.53.